The van der Waals surface area contributed by atoms with Crippen LogP contribution < -0.4 is 4.90 Å². The zero-order chi connectivity index (χ0) is 18.2. The van der Waals surface area contributed by atoms with Gasteiger partial charge in [0.25, 0.3) is 11.4 Å². The van der Waals surface area contributed by atoms with Crippen LogP contribution in [-0.4, -0.2) is 53.0 Å². The zero-order valence-electron chi connectivity index (χ0n) is 13.9. The monoisotopic (exact) mass is 348 g/mol. The molecule has 132 valence electrons. The van der Waals surface area contributed by atoms with Crippen molar-refractivity contribution in [3.8, 4) is 0 Å². The molecule has 2 aliphatic rings. The highest BCUT2D eigenvalue weighted by Crippen LogP contribution is 2.44. The summed E-state index contributed by atoms with van der Waals surface area (Å²) in [5, 5.41) is 34.7. The van der Waals surface area contributed by atoms with Crippen LogP contribution in [0, 0.1) is 26.1 Å². The molecule has 0 bridgehead atoms. The molecule has 1 N–H and O–H groups in total. The Morgan fingerprint density at radius 1 is 1.48 bits per heavy atom. The first-order valence-corrected chi connectivity index (χ1v) is 7.78. The van der Waals surface area contributed by atoms with Crippen molar-refractivity contribution in [1.82, 2.24) is 5.16 Å². The Morgan fingerprint density at radius 3 is 2.76 bits per heavy atom. The number of ether oxygens (including phenoxy) is 1. The van der Waals surface area contributed by atoms with Gasteiger partial charge < -0.3 is 9.94 Å². The highest BCUT2D eigenvalue weighted by molar-refractivity contribution is 5.95. The second kappa shape index (κ2) is 6.23. The number of nitrogens with one attached hydrogen (secondary N) is 1. The van der Waals surface area contributed by atoms with E-state index in [1.165, 1.54) is 6.08 Å². The maximum absolute atomic E-state index is 12.1. The van der Waals surface area contributed by atoms with Gasteiger partial charge in [0.15, 0.2) is 13.1 Å². The van der Waals surface area contributed by atoms with Crippen LogP contribution in [0.4, 0.5) is 0 Å². The van der Waals surface area contributed by atoms with Crippen molar-refractivity contribution in [3.05, 3.63) is 38.5 Å². The molecule has 0 aromatic carbocycles. The Kier molecular flexibility index (Phi) is 4.23. The van der Waals surface area contributed by atoms with E-state index in [1.807, 2.05) is 24.6 Å². The normalized spacial score (nSPS) is 20.6. The number of nitrogens with zero attached hydrogens (tertiary/aromatic N) is 4. The molecule has 1 saturated heterocycles. The Hall–Kier alpha value is -2.84. The zero-order valence-corrected chi connectivity index (χ0v) is 13.9. The topological polar surface area (TPSA) is 132 Å². The number of aromatic nitrogens is 2. The molecule has 10 nitrogen and oxygen atoms in total. The van der Waals surface area contributed by atoms with E-state index in [-0.39, 0.29) is 27.6 Å². The molecule has 0 amide bonds. The summed E-state index contributed by atoms with van der Waals surface area (Å²) in [7, 11) is 0. The lowest BCUT2D eigenvalue weighted by Crippen LogP contribution is -2.42. The molecule has 3 rings (SSSR count). The molecule has 1 unspecified atom stereocenters. The number of fused-ring (bicyclic) bond motifs is 1. The summed E-state index contributed by atoms with van der Waals surface area (Å²) >= 11 is 0. The fourth-order valence-corrected chi connectivity index (χ4v) is 3.36. The van der Waals surface area contributed by atoms with Gasteiger partial charge in [-0.3, -0.25) is 20.2 Å². The highest BCUT2D eigenvalue weighted by atomic mass is 16.8. The lowest BCUT2D eigenvalue weighted by Gasteiger charge is -2.27. The first kappa shape index (κ1) is 17.0. The van der Waals surface area contributed by atoms with Crippen LogP contribution in [0.3, 0.4) is 0 Å². The van der Waals surface area contributed by atoms with Crippen molar-refractivity contribution in [2.24, 2.45) is 5.41 Å². The third-order valence-electron chi connectivity index (χ3n) is 4.41. The van der Waals surface area contributed by atoms with Gasteiger partial charge in [0.05, 0.1) is 15.9 Å². The number of hydrogen-bond donors (Lipinski definition) is 1. The van der Waals surface area contributed by atoms with Gasteiger partial charge in [-0.1, -0.05) is 0 Å². The van der Waals surface area contributed by atoms with Crippen LogP contribution in [0.2, 0.25) is 0 Å². The third kappa shape index (κ3) is 2.97. The molecule has 1 aromatic heterocycles. The summed E-state index contributed by atoms with van der Waals surface area (Å²) in [5.74, 6) is 1.21. The number of morpholine rings is 1. The molecule has 1 fully saturated rings. The summed E-state index contributed by atoms with van der Waals surface area (Å²) < 4.78 is 12.0. The van der Waals surface area contributed by atoms with Gasteiger partial charge in [-0.2, -0.15) is 0 Å². The molecule has 1 aromatic rings. The van der Waals surface area contributed by atoms with E-state index in [0.29, 0.717) is 26.3 Å². The number of hydrogen-bond acceptors (Lipinski definition) is 7. The van der Waals surface area contributed by atoms with E-state index >= 15 is 0 Å². The number of rotatable bonds is 3. The van der Waals surface area contributed by atoms with Crippen LogP contribution in [-0.2, 0) is 4.74 Å². The summed E-state index contributed by atoms with van der Waals surface area (Å²) in [5.41, 5.74) is -0.762. The van der Waals surface area contributed by atoms with Gasteiger partial charge in [-0.05, 0) is 24.6 Å². The molecule has 1 atom stereocenters. The molecule has 2 heterocycles. The smallest absolute Gasteiger partial charge is 0.261 e. The molecular formula is C15H18N5O5+. The van der Waals surface area contributed by atoms with Gasteiger partial charge >= 0.3 is 0 Å². The van der Waals surface area contributed by atoms with E-state index in [9.17, 15) is 15.3 Å². The summed E-state index contributed by atoms with van der Waals surface area (Å²) in [4.78, 5) is 11.3. The minimum atomic E-state index is -0.874. The van der Waals surface area contributed by atoms with Crippen LogP contribution >= 0.6 is 0 Å². The lowest BCUT2D eigenvalue weighted by molar-refractivity contribution is -0.809. The van der Waals surface area contributed by atoms with Gasteiger partial charge in [-0.15, -0.1) is 0 Å². The fourth-order valence-electron chi connectivity index (χ4n) is 3.36. The molecule has 0 radical (unpaired) electrons. The minimum absolute atomic E-state index is 0.0264. The summed E-state index contributed by atoms with van der Waals surface area (Å²) in [6.45, 7) is 6.15. The van der Waals surface area contributed by atoms with Crippen molar-refractivity contribution < 1.29 is 23.8 Å². The number of allylic oxidation sites excluding steroid dienone is 3. The first-order chi connectivity index (χ1) is 11.8. The van der Waals surface area contributed by atoms with Gasteiger partial charge in [0.1, 0.15) is 25.3 Å². The van der Waals surface area contributed by atoms with Crippen LogP contribution in [0.1, 0.15) is 31.2 Å². The Morgan fingerprint density at radius 2 is 2.16 bits per heavy atom. The van der Waals surface area contributed by atoms with Gasteiger partial charge in [-0.25, -0.2) is 4.58 Å². The molecule has 1 aliphatic carbocycles. The van der Waals surface area contributed by atoms with E-state index in [0.717, 1.165) is 0 Å². The standard InChI is InChI=1S/C15H18N5O5/c1-15(2,9-18-3-5-24-6-4-18)12-11(19(21)22)7-10(8-16)13-14(12)20(23)25-17-13/h7,9,12,16H,3-6H2,1-2H3/q+1. The third-order valence-corrected chi connectivity index (χ3v) is 4.41. The molecule has 1 aliphatic heterocycles. The van der Waals surface area contributed by atoms with E-state index in [1.54, 1.807) is 0 Å². The minimum Gasteiger partial charge on any atom is -0.368 e. The summed E-state index contributed by atoms with van der Waals surface area (Å²) in [6, 6.07) is 0. The van der Waals surface area contributed by atoms with Gasteiger partial charge in [0, 0.05) is 11.2 Å². The quantitative estimate of drug-likeness (QED) is 0.275. The van der Waals surface area contributed by atoms with Crippen LogP contribution in [0.15, 0.2) is 16.4 Å². The number of nitro groups is 1. The lowest BCUT2D eigenvalue weighted by atomic mass is 9.72. The average Bonchev–Trinajstić information content (AvgIpc) is 2.95. The predicted octanol–water partition coefficient (Wildman–Crippen LogP) is 0.337. The fraction of sp³-hybridized carbons (Fsp3) is 0.533. The van der Waals surface area contributed by atoms with E-state index < -0.39 is 16.3 Å². The molecule has 25 heavy (non-hydrogen) atoms. The van der Waals surface area contributed by atoms with Crippen molar-refractivity contribution >= 4 is 17.7 Å². The van der Waals surface area contributed by atoms with Crippen molar-refractivity contribution in [2.75, 3.05) is 26.3 Å². The Labute approximate surface area is 142 Å². The highest BCUT2D eigenvalue weighted by Gasteiger charge is 2.51. The Balaban J connectivity index is 2.15. The molecule has 10 heteroatoms. The van der Waals surface area contributed by atoms with E-state index in [4.69, 9.17) is 10.1 Å². The van der Waals surface area contributed by atoms with Gasteiger partial charge in [0.2, 0.25) is 5.69 Å². The predicted molar refractivity (Wildman–Crippen MR) is 85.1 cm³/mol. The molecule has 0 spiro atoms. The summed E-state index contributed by atoms with van der Waals surface area (Å²) in [6.07, 6.45) is 3.13. The van der Waals surface area contributed by atoms with Crippen molar-refractivity contribution in [2.45, 2.75) is 19.8 Å². The maximum Gasteiger partial charge on any atom is 0.261 e. The second-order valence-electron chi connectivity index (χ2n) is 6.56. The maximum atomic E-state index is 12.1. The molecular weight excluding hydrogens is 330 g/mol. The van der Waals surface area contributed by atoms with Crippen LogP contribution in [0.5, 0.6) is 0 Å². The molecule has 0 saturated carbocycles. The van der Waals surface area contributed by atoms with E-state index in [2.05, 4.69) is 15.7 Å². The average molecular weight is 348 g/mol. The Bertz CT molecular complexity index is 823. The van der Waals surface area contributed by atoms with Crippen molar-refractivity contribution in [3.63, 3.8) is 0 Å². The largest absolute Gasteiger partial charge is 0.368 e. The first-order valence-electron chi connectivity index (χ1n) is 7.78. The second-order valence-corrected chi connectivity index (χ2v) is 6.56. The van der Waals surface area contributed by atoms with Crippen molar-refractivity contribution in [1.29, 1.82) is 5.41 Å². The van der Waals surface area contributed by atoms with Crippen LogP contribution in [0.25, 0.3) is 5.57 Å². The SMILES string of the molecule is CC(C)(C=[N+]1CCOCC1)C1C([N+](=O)[O-])=CC(=C=N)c2no[n+]([O-])c21.